The van der Waals surface area contributed by atoms with Crippen LogP contribution in [-0.4, -0.2) is 12.6 Å². The molecule has 0 bridgehead atoms. The number of hydrogen-bond acceptors (Lipinski definition) is 2. The second-order valence-electron chi connectivity index (χ2n) is 6.84. The van der Waals surface area contributed by atoms with Crippen molar-refractivity contribution in [3.05, 3.63) is 0 Å². The van der Waals surface area contributed by atoms with Crippen LogP contribution in [0.2, 0.25) is 0 Å². The summed E-state index contributed by atoms with van der Waals surface area (Å²) in [7, 11) is 0. The van der Waals surface area contributed by atoms with Gasteiger partial charge in [-0.3, -0.25) is 4.79 Å². The molecule has 0 spiro atoms. The van der Waals surface area contributed by atoms with Gasteiger partial charge in [-0.05, 0) is 39.5 Å². The quantitative estimate of drug-likeness (QED) is 0.302. The van der Waals surface area contributed by atoms with Gasteiger partial charge in [-0.15, -0.1) is 0 Å². The predicted molar refractivity (Wildman–Crippen MR) is 91.4 cm³/mol. The molecule has 0 rings (SSSR count). The van der Waals surface area contributed by atoms with Crippen LogP contribution < -0.4 is 0 Å². The number of hydrogen-bond donors (Lipinski definition) is 0. The van der Waals surface area contributed by atoms with Gasteiger partial charge in [-0.2, -0.15) is 0 Å². The number of carbonyl (C=O) groups is 1. The molecular formula is C19H38O2. The van der Waals surface area contributed by atoms with Gasteiger partial charge in [-0.25, -0.2) is 0 Å². The summed E-state index contributed by atoms with van der Waals surface area (Å²) in [5, 5.41) is 0. The minimum absolute atomic E-state index is 0.0130. The minimum atomic E-state index is -0.339. The van der Waals surface area contributed by atoms with Gasteiger partial charge in [0.05, 0.1) is 12.0 Å². The van der Waals surface area contributed by atoms with Gasteiger partial charge in [-0.1, -0.05) is 65.2 Å². The molecule has 0 radical (unpaired) electrons. The van der Waals surface area contributed by atoms with Crippen LogP contribution in [0.3, 0.4) is 0 Å². The summed E-state index contributed by atoms with van der Waals surface area (Å²) >= 11 is 0. The number of esters is 1. The Bertz CT molecular complexity index is 246. The standard InChI is InChI=1S/C19H38O2/c1-6-9-11-13-15-17(16-14-12-10-7-2)19(4,5)18(20)21-8-3/h17H,6-16H2,1-5H3. The number of rotatable bonds is 13. The number of ether oxygens (including phenoxy) is 1. The van der Waals surface area contributed by atoms with Crippen LogP contribution >= 0.6 is 0 Å². The smallest absolute Gasteiger partial charge is 0.311 e. The predicted octanol–water partition coefficient (Wildman–Crippen LogP) is 6.13. The van der Waals surface area contributed by atoms with Crippen LogP contribution in [-0.2, 0) is 9.53 Å². The number of unbranched alkanes of at least 4 members (excludes halogenated alkanes) is 6. The fourth-order valence-corrected chi connectivity index (χ4v) is 2.98. The molecule has 0 fully saturated rings. The maximum absolute atomic E-state index is 12.3. The average molecular weight is 299 g/mol. The number of carbonyl (C=O) groups excluding carboxylic acids is 1. The van der Waals surface area contributed by atoms with Gasteiger partial charge in [0.15, 0.2) is 0 Å². The fraction of sp³-hybridized carbons (Fsp3) is 0.947. The molecule has 21 heavy (non-hydrogen) atoms. The summed E-state index contributed by atoms with van der Waals surface area (Å²) in [5.41, 5.74) is -0.339. The highest BCUT2D eigenvalue weighted by Crippen LogP contribution is 2.36. The molecule has 0 saturated carbocycles. The zero-order valence-electron chi connectivity index (χ0n) is 15.2. The normalized spacial score (nSPS) is 11.9. The van der Waals surface area contributed by atoms with Gasteiger partial charge in [0.25, 0.3) is 0 Å². The van der Waals surface area contributed by atoms with Gasteiger partial charge in [0.1, 0.15) is 0 Å². The fourth-order valence-electron chi connectivity index (χ4n) is 2.98. The van der Waals surface area contributed by atoms with Crippen LogP contribution in [0.1, 0.15) is 98.8 Å². The van der Waals surface area contributed by atoms with Crippen LogP contribution in [0.25, 0.3) is 0 Å². The van der Waals surface area contributed by atoms with E-state index in [2.05, 4.69) is 27.7 Å². The van der Waals surface area contributed by atoms with E-state index < -0.39 is 0 Å². The van der Waals surface area contributed by atoms with Crippen LogP contribution in [0.15, 0.2) is 0 Å². The summed E-state index contributed by atoms with van der Waals surface area (Å²) < 4.78 is 5.30. The first-order chi connectivity index (χ1) is 10.0. The molecule has 0 N–H and O–H groups in total. The van der Waals surface area contributed by atoms with E-state index in [-0.39, 0.29) is 11.4 Å². The molecule has 2 heteroatoms. The van der Waals surface area contributed by atoms with E-state index in [1.165, 1.54) is 51.4 Å². The molecule has 0 aromatic heterocycles. The second-order valence-corrected chi connectivity index (χ2v) is 6.84. The Balaban J connectivity index is 4.48. The summed E-state index contributed by atoms with van der Waals surface area (Å²) in [6, 6.07) is 0. The molecule has 0 aliphatic carbocycles. The highest BCUT2D eigenvalue weighted by Gasteiger charge is 2.37. The van der Waals surface area contributed by atoms with Crippen molar-refractivity contribution in [1.82, 2.24) is 0 Å². The second kappa shape index (κ2) is 12.1. The first-order valence-corrected chi connectivity index (χ1v) is 9.17. The van der Waals surface area contributed by atoms with Crippen molar-refractivity contribution in [2.75, 3.05) is 6.61 Å². The van der Waals surface area contributed by atoms with Gasteiger partial charge < -0.3 is 4.74 Å². The maximum atomic E-state index is 12.3. The monoisotopic (exact) mass is 298 g/mol. The zero-order valence-corrected chi connectivity index (χ0v) is 15.2. The largest absolute Gasteiger partial charge is 0.466 e. The molecule has 0 unspecified atom stereocenters. The minimum Gasteiger partial charge on any atom is -0.466 e. The average Bonchev–Trinajstić information content (AvgIpc) is 2.45. The van der Waals surface area contributed by atoms with Crippen molar-refractivity contribution in [3.8, 4) is 0 Å². The lowest BCUT2D eigenvalue weighted by atomic mass is 9.73. The molecule has 2 nitrogen and oxygen atoms in total. The van der Waals surface area contributed by atoms with E-state index in [0.717, 1.165) is 12.8 Å². The highest BCUT2D eigenvalue weighted by atomic mass is 16.5. The molecule has 0 saturated heterocycles. The third-order valence-electron chi connectivity index (χ3n) is 4.63. The molecule has 0 aromatic carbocycles. The van der Waals surface area contributed by atoms with E-state index >= 15 is 0 Å². The Morgan fingerprint density at radius 1 is 0.857 bits per heavy atom. The van der Waals surface area contributed by atoms with E-state index in [9.17, 15) is 4.79 Å². The summed E-state index contributed by atoms with van der Waals surface area (Å²) in [5.74, 6) is 0.450. The van der Waals surface area contributed by atoms with Crippen molar-refractivity contribution >= 4 is 5.97 Å². The van der Waals surface area contributed by atoms with Crippen molar-refractivity contribution in [1.29, 1.82) is 0 Å². The summed E-state index contributed by atoms with van der Waals surface area (Å²) in [6.45, 7) is 11.0. The Kier molecular flexibility index (Phi) is 11.8. The van der Waals surface area contributed by atoms with Gasteiger partial charge in [0, 0.05) is 0 Å². The Morgan fingerprint density at radius 3 is 1.71 bits per heavy atom. The third-order valence-corrected chi connectivity index (χ3v) is 4.63. The molecule has 0 atom stereocenters. The van der Waals surface area contributed by atoms with Gasteiger partial charge >= 0.3 is 5.97 Å². The molecule has 0 amide bonds. The van der Waals surface area contributed by atoms with Crippen LogP contribution in [0.4, 0.5) is 0 Å². The summed E-state index contributed by atoms with van der Waals surface area (Å²) in [4.78, 5) is 12.3. The van der Waals surface area contributed by atoms with E-state index in [4.69, 9.17) is 4.74 Å². The van der Waals surface area contributed by atoms with E-state index in [1.54, 1.807) is 0 Å². The molecule has 126 valence electrons. The molecule has 0 aliphatic heterocycles. The maximum Gasteiger partial charge on any atom is 0.311 e. The third kappa shape index (κ3) is 8.48. The molecule has 0 aromatic rings. The van der Waals surface area contributed by atoms with Crippen molar-refractivity contribution in [2.45, 2.75) is 98.8 Å². The topological polar surface area (TPSA) is 26.3 Å². The lowest BCUT2D eigenvalue weighted by molar-refractivity contribution is -0.157. The highest BCUT2D eigenvalue weighted by molar-refractivity contribution is 5.76. The summed E-state index contributed by atoms with van der Waals surface area (Å²) in [6.07, 6.45) is 12.6. The van der Waals surface area contributed by atoms with Crippen LogP contribution in [0, 0.1) is 11.3 Å². The molecule has 0 aliphatic rings. The zero-order chi connectivity index (χ0) is 16.1. The molecular weight excluding hydrogens is 260 g/mol. The Morgan fingerprint density at radius 2 is 1.33 bits per heavy atom. The van der Waals surface area contributed by atoms with E-state index in [0.29, 0.717) is 12.5 Å². The SMILES string of the molecule is CCCCCCC(CCCCCC)C(C)(C)C(=O)OCC. The Hall–Kier alpha value is -0.530. The van der Waals surface area contributed by atoms with Crippen LogP contribution in [0.5, 0.6) is 0 Å². The van der Waals surface area contributed by atoms with Crippen molar-refractivity contribution in [3.63, 3.8) is 0 Å². The first kappa shape index (κ1) is 20.5. The van der Waals surface area contributed by atoms with Crippen molar-refractivity contribution in [2.24, 2.45) is 11.3 Å². The first-order valence-electron chi connectivity index (χ1n) is 9.17. The lowest BCUT2D eigenvalue weighted by Gasteiger charge is -2.32. The van der Waals surface area contributed by atoms with Gasteiger partial charge in [0.2, 0.25) is 0 Å². The van der Waals surface area contributed by atoms with E-state index in [1.807, 2.05) is 6.92 Å². The molecule has 0 heterocycles. The van der Waals surface area contributed by atoms with Crippen molar-refractivity contribution < 1.29 is 9.53 Å². The lowest BCUT2D eigenvalue weighted by Crippen LogP contribution is -2.35. The Labute approximate surface area is 133 Å².